The molecule has 2 aromatic carbocycles. The van der Waals surface area contributed by atoms with Crippen molar-refractivity contribution in [2.45, 2.75) is 51.0 Å². The Hall–Kier alpha value is -3.85. The number of aromatic carboxylic acids is 1. The Morgan fingerprint density at radius 1 is 1.17 bits per heavy atom. The first-order chi connectivity index (χ1) is 20.4. The number of ether oxygens (including phenoxy) is 2. The summed E-state index contributed by atoms with van der Waals surface area (Å²) < 4.78 is 28.5. The number of benzene rings is 2. The van der Waals surface area contributed by atoms with E-state index in [-0.39, 0.29) is 29.8 Å². The molecule has 0 aliphatic carbocycles. The van der Waals surface area contributed by atoms with Gasteiger partial charge in [-0.25, -0.2) is 19.2 Å². The van der Waals surface area contributed by atoms with Crippen LogP contribution in [0.4, 0.5) is 4.39 Å². The summed E-state index contributed by atoms with van der Waals surface area (Å²) in [5.74, 6) is 0.160. The molecule has 216 valence electrons. The zero-order valence-electron chi connectivity index (χ0n) is 22.8. The summed E-state index contributed by atoms with van der Waals surface area (Å²) in [6, 6.07) is 15.2. The normalized spacial score (nSPS) is 17.6. The van der Waals surface area contributed by atoms with E-state index in [4.69, 9.17) is 24.7 Å². The lowest BCUT2D eigenvalue weighted by Gasteiger charge is -2.32. The average molecular weight is 635 g/mol. The van der Waals surface area contributed by atoms with Gasteiger partial charge in [-0.15, -0.1) is 0 Å². The van der Waals surface area contributed by atoms with Crippen LogP contribution in [0.5, 0.6) is 5.88 Å². The molecule has 9 nitrogen and oxygen atoms in total. The number of aromatic nitrogens is 3. The summed E-state index contributed by atoms with van der Waals surface area (Å²) >= 11 is 3.53. The first-order valence-electron chi connectivity index (χ1n) is 13.9. The van der Waals surface area contributed by atoms with Crippen LogP contribution in [0, 0.1) is 17.1 Å². The van der Waals surface area contributed by atoms with E-state index in [1.165, 1.54) is 6.07 Å². The second-order valence-corrected chi connectivity index (χ2v) is 11.6. The van der Waals surface area contributed by atoms with E-state index in [0.717, 1.165) is 61.5 Å². The molecular weight excluding hydrogens is 605 g/mol. The third kappa shape index (κ3) is 6.02. The molecule has 11 heteroatoms. The van der Waals surface area contributed by atoms with Crippen LogP contribution in [0.3, 0.4) is 0 Å². The molecule has 6 rings (SSSR count). The SMILES string of the molecule is N#Cc1ccc(COc2cccc(C3CCN(Cc4nc5c(Br)cc(C(=O)O)cc5n4C[C@@H]4CCO4)CC3)n2)c(F)c1. The van der Waals surface area contributed by atoms with Crippen LogP contribution in [-0.4, -0.2) is 56.3 Å². The topological polar surface area (TPSA) is 114 Å². The van der Waals surface area contributed by atoms with E-state index in [1.807, 2.05) is 18.2 Å². The van der Waals surface area contributed by atoms with Crippen LogP contribution in [0.2, 0.25) is 0 Å². The first kappa shape index (κ1) is 28.3. The molecule has 0 saturated carbocycles. The van der Waals surface area contributed by atoms with Crippen LogP contribution in [0.15, 0.2) is 53.0 Å². The smallest absolute Gasteiger partial charge is 0.335 e. The maximum absolute atomic E-state index is 14.2. The Labute approximate surface area is 250 Å². The van der Waals surface area contributed by atoms with Gasteiger partial charge in [0.15, 0.2) is 0 Å². The van der Waals surface area contributed by atoms with E-state index in [1.54, 1.807) is 30.3 Å². The van der Waals surface area contributed by atoms with Gasteiger partial charge in [0.2, 0.25) is 5.88 Å². The minimum Gasteiger partial charge on any atom is -0.478 e. The molecule has 0 amide bonds. The number of rotatable bonds is 9. The summed E-state index contributed by atoms with van der Waals surface area (Å²) in [5.41, 5.74) is 3.36. The molecule has 0 bridgehead atoms. The lowest BCUT2D eigenvalue weighted by atomic mass is 9.93. The van der Waals surface area contributed by atoms with Crippen LogP contribution in [0.25, 0.3) is 11.0 Å². The highest BCUT2D eigenvalue weighted by molar-refractivity contribution is 9.10. The summed E-state index contributed by atoms with van der Waals surface area (Å²) in [7, 11) is 0. The Balaban J connectivity index is 1.12. The van der Waals surface area contributed by atoms with Crippen LogP contribution < -0.4 is 4.74 Å². The van der Waals surface area contributed by atoms with Crippen molar-refractivity contribution in [3.05, 3.63) is 87.0 Å². The molecule has 0 radical (unpaired) electrons. The molecule has 2 aliphatic rings. The van der Waals surface area contributed by atoms with E-state index in [9.17, 15) is 14.3 Å². The molecule has 2 aromatic heterocycles. The van der Waals surface area contributed by atoms with Gasteiger partial charge >= 0.3 is 5.97 Å². The highest BCUT2D eigenvalue weighted by Crippen LogP contribution is 2.32. The number of pyridine rings is 1. The number of carboxylic acid groups (broad SMARTS) is 1. The minimum atomic E-state index is -0.974. The molecule has 2 aliphatic heterocycles. The van der Waals surface area contributed by atoms with Crippen molar-refractivity contribution in [2.75, 3.05) is 19.7 Å². The Kier molecular flexibility index (Phi) is 8.20. The standard InChI is InChI=1S/C31H29BrFN5O4/c32-24-13-22(31(39)40)14-27-30(24)36-28(38(27)16-23-8-11-41-23)17-37-9-6-20(7-10-37)26-2-1-3-29(35-26)42-18-21-5-4-19(15-34)12-25(21)33/h1-5,12-14,20,23H,6-11,16-18H2,(H,39,40)/t23-/m0/s1. The average Bonchev–Trinajstić information content (AvgIpc) is 3.31. The van der Waals surface area contributed by atoms with Crippen molar-refractivity contribution >= 4 is 32.9 Å². The molecule has 4 heterocycles. The number of halogens is 2. The largest absolute Gasteiger partial charge is 0.478 e. The number of hydrogen-bond donors (Lipinski definition) is 1. The molecule has 0 spiro atoms. The molecule has 4 aromatic rings. The molecular formula is C31H29BrFN5O4. The van der Waals surface area contributed by atoms with Crippen molar-refractivity contribution in [1.29, 1.82) is 5.26 Å². The van der Waals surface area contributed by atoms with Gasteiger partial charge in [0.05, 0.1) is 41.9 Å². The zero-order chi connectivity index (χ0) is 29.2. The first-order valence-corrected chi connectivity index (χ1v) is 14.7. The monoisotopic (exact) mass is 633 g/mol. The lowest BCUT2D eigenvalue weighted by Crippen LogP contribution is -2.35. The molecule has 0 unspecified atom stereocenters. The predicted molar refractivity (Wildman–Crippen MR) is 156 cm³/mol. The van der Waals surface area contributed by atoms with Crippen LogP contribution >= 0.6 is 15.9 Å². The minimum absolute atomic E-state index is 0.0312. The number of nitrogens with zero attached hydrogens (tertiary/aromatic N) is 5. The number of imidazole rings is 1. The Bertz CT molecular complexity index is 1670. The highest BCUT2D eigenvalue weighted by atomic mass is 79.9. The third-order valence-corrected chi connectivity index (χ3v) is 8.59. The number of fused-ring (bicyclic) bond motifs is 1. The van der Waals surface area contributed by atoms with Crippen molar-refractivity contribution < 1.29 is 23.8 Å². The quantitative estimate of drug-likeness (QED) is 0.252. The Morgan fingerprint density at radius 2 is 1.98 bits per heavy atom. The molecule has 2 fully saturated rings. The number of hydrogen-bond acceptors (Lipinski definition) is 7. The maximum atomic E-state index is 14.2. The van der Waals surface area contributed by atoms with Gasteiger partial charge in [-0.05, 0) is 78.6 Å². The van der Waals surface area contributed by atoms with Gasteiger partial charge in [-0.3, -0.25) is 4.90 Å². The number of carboxylic acids is 1. The number of nitriles is 1. The van der Waals surface area contributed by atoms with Crippen molar-refractivity contribution in [1.82, 2.24) is 19.4 Å². The van der Waals surface area contributed by atoms with E-state index in [2.05, 4.69) is 25.4 Å². The van der Waals surface area contributed by atoms with Crippen molar-refractivity contribution in [2.24, 2.45) is 0 Å². The zero-order valence-corrected chi connectivity index (χ0v) is 24.4. The summed E-state index contributed by atoms with van der Waals surface area (Å²) in [4.78, 5) is 23.7. The fraction of sp³-hybridized carbons (Fsp3) is 0.355. The number of likely N-dealkylation sites (tertiary alicyclic amines) is 1. The van der Waals surface area contributed by atoms with Gasteiger partial charge in [0.25, 0.3) is 0 Å². The van der Waals surface area contributed by atoms with Gasteiger partial charge < -0.3 is 19.1 Å². The van der Waals surface area contributed by atoms with Gasteiger partial charge in [0.1, 0.15) is 23.8 Å². The van der Waals surface area contributed by atoms with Crippen molar-refractivity contribution in [3.63, 3.8) is 0 Å². The summed E-state index contributed by atoms with van der Waals surface area (Å²) in [6.07, 6.45) is 2.91. The molecule has 1 atom stereocenters. The maximum Gasteiger partial charge on any atom is 0.335 e. The predicted octanol–water partition coefficient (Wildman–Crippen LogP) is 5.65. The molecule has 42 heavy (non-hydrogen) atoms. The molecule has 1 N–H and O–H groups in total. The highest BCUT2D eigenvalue weighted by Gasteiger charge is 2.27. The van der Waals surface area contributed by atoms with E-state index < -0.39 is 11.8 Å². The van der Waals surface area contributed by atoms with Crippen LogP contribution in [-0.2, 0) is 24.4 Å². The van der Waals surface area contributed by atoms with Gasteiger partial charge in [0, 0.05) is 34.3 Å². The van der Waals surface area contributed by atoms with Gasteiger partial charge in [-0.1, -0.05) is 12.1 Å². The second kappa shape index (κ2) is 12.2. The lowest BCUT2D eigenvalue weighted by molar-refractivity contribution is -0.0592. The summed E-state index contributed by atoms with van der Waals surface area (Å²) in [5, 5.41) is 18.5. The second-order valence-electron chi connectivity index (χ2n) is 10.7. The van der Waals surface area contributed by atoms with Crippen molar-refractivity contribution in [3.8, 4) is 11.9 Å². The third-order valence-electron chi connectivity index (χ3n) is 7.99. The number of carbonyl (C=O) groups is 1. The van der Waals surface area contributed by atoms with E-state index in [0.29, 0.717) is 29.0 Å². The molecule has 2 saturated heterocycles. The fourth-order valence-electron chi connectivity index (χ4n) is 5.52. The fourth-order valence-corrected chi connectivity index (χ4v) is 6.06. The number of piperidine rings is 1. The van der Waals surface area contributed by atoms with Gasteiger partial charge in [-0.2, -0.15) is 5.26 Å². The van der Waals surface area contributed by atoms with E-state index >= 15 is 0 Å². The Morgan fingerprint density at radius 3 is 2.67 bits per heavy atom. The van der Waals surface area contributed by atoms with Crippen LogP contribution in [0.1, 0.15) is 58.2 Å². The summed E-state index contributed by atoms with van der Waals surface area (Å²) in [6.45, 7) is 3.79.